The Bertz CT molecular complexity index is 351. The summed E-state index contributed by atoms with van der Waals surface area (Å²) in [5.41, 5.74) is 1.81. The Balaban J connectivity index is 2.90. The van der Waals surface area contributed by atoms with E-state index in [-0.39, 0.29) is 11.9 Å². The monoisotopic (exact) mass is 269 g/mol. The molecule has 1 amide bonds. The van der Waals surface area contributed by atoms with Crippen LogP contribution in [0.15, 0.2) is 24.3 Å². The van der Waals surface area contributed by atoms with E-state index in [4.69, 9.17) is 0 Å². The Hall–Kier alpha value is -0.830. The van der Waals surface area contributed by atoms with Crippen molar-refractivity contribution in [2.24, 2.45) is 0 Å². The number of rotatable bonds is 3. The Morgan fingerprint density at radius 1 is 1.47 bits per heavy atom. The molecule has 1 aromatic rings. The maximum absolute atomic E-state index is 12.1. The molecule has 2 nitrogen and oxygen atoms in total. The van der Waals surface area contributed by atoms with Crippen molar-refractivity contribution in [1.29, 1.82) is 0 Å². The molecule has 0 bridgehead atoms. The summed E-state index contributed by atoms with van der Waals surface area (Å²) in [5.74, 6) is 0.0834. The highest BCUT2D eigenvalue weighted by Gasteiger charge is 2.17. The molecule has 0 radical (unpaired) electrons. The van der Waals surface area contributed by atoms with Crippen LogP contribution in [0, 0.1) is 6.92 Å². The van der Waals surface area contributed by atoms with E-state index in [1.54, 1.807) is 4.90 Å². The summed E-state index contributed by atoms with van der Waals surface area (Å²) in [6, 6.07) is 7.87. The van der Waals surface area contributed by atoms with Gasteiger partial charge in [0.1, 0.15) is 0 Å². The Kier molecular flexibility index (Phi) is 4.33. The highest BCUT2D eigenvalue weighted by atomic mass is 79.9. The van der Waals surface area contributed by atoms with Crippen molar-refractivity contribution >= 4 is 21.8 Å². The van der Waals surface area contributed by atoms with Crippen molar-refractivity contribution in [2.45, 2.75) is 19.9 Å². The van der Waals surface area contributed by atoms with Gasteiger partial charge in [0, 0.05) is 24.0 Å². The Morgan fingerprint density at radius 2 is 2.07 bits per heavy atom. The lowest BCUT2D eigenvalue weighted by molar-refractivity contribution is 0.0757. The van der Waals surface area contributed by atoms with Gasteiger partial charge in [-0.15, -0.1) is 0 Å². The maximum Gasteiger partial charge on any atom is 0.254 e. The number of carbonyl (C=O) groups is 1. The largest absolute Gasteiger partial charge is 0.338 e. The summed E-state index contributed by atoms with van der Waals surface area (Å²) in [4.78, 5) is 13.8. The van der Waals surface area contributed by atoms with E-state index in [1.165, 1.54) is 0 Å². The molecule has 3 heteroatoms. The standard InChI is InChI=1S/C12H16BrNO/c1-9-6-4-5-7-11(9)12(15)14(3)10(2)8-13/h4-7,10H,8H2,1-3H3. The van der Waals surface area contributed by atoms with Crippen LogP contribution in [0.4, 0.5) is 0 Å². The van der Waals surface area contributed by atoms with Crippen LogP contribution in [-0.4, -0.2) is 29.2 Å². The van der Waals surface area contributed by atoms with Gasteiger partial charge >= 0.3 is 0 Å². The third kappa shape index (κ3) is 2.81. The number of amides is 1. The first-order valence-corrected chi connectivity index (χ1v) is 6.08. The lowest BCUT2D eigenvalue weighted by atomic mass is 10.1. The van der Waals surface area contributed by atoms with E-state index in [2.05, 4.69) is 15.9 Å². The summed E-state index contributed by atoms with van der Waals surface area (Å²) < 4.78 is 0. The summed E-state index contributed by atoms with van der Waals surface area (Å²) in [5, 5.41) is 0.793. The van der Waals surface area contributed by atoms with Crippen LogP contribution in [0.5, 0.6) is 0 Å². The molecular weight excluding hydrogens is 254 g/mol. The first-order chi connectivity index (χ1) is 7.07. The molecule has 1 rings (SSSR count). The van der Waals surface area contributed by atoms with Gasteiger partial charge in [-0.1, -0.05) is 34.1 Å². The quantitative estimate of drug-likeness (QED) is 0.773. The fourth-order valence-corrected chi connectivity index (χ4v) is 1.74. The molecule has 82 valence electrons. The number of nitrogens with zero attached hydrogens (tertiary/aromatic N) is 1. The van der Waals surface area contributed by atoms with Gasteiger partial charge in [-0.25, -0.2) is 0 Å². The van der Waals surface area contributed by atoms with Crippen LogP contribution in [0.25, 0.3) is 0 Å². The second kappa shape index (κ2) is 5.31. The highest BCUT2D eigenvalue weighted by Crippen LogP contribution is 2.12. The van der Waals surface area contributed by atoms with Crippen molar-refractivity contribution in [3.05, 3.63) is 35.4 Å². The van der Waals surface area contributed by atoms with Crippen LogP contribution in [0.3, 0.4) is 0 Å². The lowest BCUT2D eigenvalue weighted by Gasteiger charge is -2.23. The van der Waals surface area contributed by atoms with Gasteiger partial charge < -0.3 is 4.90 Å². The minimum absolute atomic E-state index is 0.0834. The summed E-state index contributed by atoms with van der Waals surface area (Å²) in [7, 11) is 1.83. The van der Waals surface area contributed by atoms with Crippen molar-refractivity contribution in [3.63, 3.8) is 0 Å². The van der Waals surface area contributed by atoms with Crippen LogP contribution >= 0.6 is 15.9 Å². The number of carbonyl (C=O) groups excluding carboxylic acids is 1. The van der Waals surface area contributed by atoms with E-state index >= 15 is 0 Å². The number of aryl methyl sites for hydroxylation is 1. The average molecular weight is 270 g/mol. The minimum Gasteiger partial charge on any atom is -0.338 e. The van der Waals surface area contributed by atoms with Crippen LogP contribution in [0.2, 0.25) is 0 Å². The van der Waals surface area contributed by atoms with Crippen molar-refractivity contribution < 1.29 is 4.79 Å². The lowest BCUT2D eigenvalue weighted by Crippen LogP contribution is -2.36. The molecule has 0 saturated heterocycles. The molecule has 0 heterocycles. The predicted molar refractivity (Wildman–Crippen MR) is 66.5 cm³/mol. The number of halogens is 1. The molecular formula is C12H16BrNO. The average Bonchev–Trinajstić information content (AvgIpc) is 2.26. The predicted octanol–water partition coefficient (Wildman–Crippen LogP) is 2.85. The van der Waals surface area contributed by atoms with Crippen molar-refractivity contribution in [2.75, 3.05) is 12.4 Å². The number of hydrogen-bond donors (Lipinski definition) is 0. The Morgan fingerprint density at radius 3 is 2.60 bits per heavy atom. The van der Waals surface area contributed by atoms with Gasteiger partial charge in [-0.2, -0.15) is 0 Å². The van der Waals surface area contributed by atoms with Crippen molar-refractivity contribution in [3.8, 4) is 0 Å². The SMILES string of the molecule is Cc1ccccc1C(=O)N(C)C(C)CBr. The molecule has 1 unspecified atom stereocenters. The van der Waals surface area contributed by atoms with Gasteiger partial charge in [-0.3, -0.25) is 4.79 Å². The van der Waals surface area contributed by atoms with E-state index in [9.17, 15) is 4.79 Å². The van der Waals surface area contributed by atoms with Gasteiger partial charge in [0.25, 0.3) is 5.91 Å². The maximum atomic E-state index is 12.1. The number of hydrogen-bond acceptors (Lipinski definition) is 1. The fraction of sp³-hybridized carbons (Fsp3) is 0.417. The molecule has 0 aromatic heterocycles. The Labute approximate surface area is 99.4 Å². The van der Waals surface area contributed by atoms with Crippen LogP contribution < -0.4 is 0 Å². The third-order valence-electron chi connectivity index (χ3n) is 2.58. The number of alkyl halides is 1. The van der Waals surface area contributed by atoms with E-state index in [1.807, 2.05) is 45.2 Å². The molecule has 1 atom stereocenters. The highest BCUT2D eigenvalue weighted by molar-refractivity contribution is 9.09. The zero-order valence-corrected chi connectivity index (χ0v) is 10.9. The number of benzene rings is 1. The second-order valence-corrected chi connectivity index (χ2v) is 4.38. The van der Waals surface area contributed by atoms with Gasteiger partial charge in [0.15, 0.2) is 0 Å². The molecule has 0 N–H and O–H groups in total. The van der Waals surface area contributed by atoms with Crippen LogP contribution in [-0.2, 0) is 0 Å². The van der Waals surface area contributed by atoms with Gasteiger partial charge in [-0.05, 0) is 25.5 Å². The van der Waals surface area contributed by atoms with Crippen molar-refractivity contribution in [1.82, 2.24) is 4.90 Å². The second-order valence-electron chi connectivity index (χ2n) is 3.73. The summed E-state index contributed by atoms with van der Waals surface area (Å²) in [6.45, 7) is 3.98. The van der Waals surface area contributed by atoms with Crippen LogP contribution in [0.1, 0.15) is 22.8 Å². The molecule has 0 spiro atoms. The third-order valence-corrected chi connectivity index (χ3v) is 3.52. The minimum atomic E-state index is 0.0834. The topological polar surface area (TPSA) is 20.3 Å². The normalized spacial score (nSPS) is 12.3. The van der Waals surface area contributed by atoms with Gasteiger partial charge in [0.05, 0.1) is 0 Å². The first-order valence-electron chi connectivity index (χ1n) is 4.96. The molecule has 0 aliphatic heterocycles. The molecule has 1 aromatic carbocycles. The fourth-order valence-electron chi connectivity index (χ4n) is 1.31. The molecule has 0 saturated carbocycles. The zero-order chi connectivity index (χ0) is 11.4. The van der Waals surface area contributed by atoms with Gasteiger partial charge in [0.2, 0.25) is 0 Å². The molecule has 0 aliphatic rings. The molecule has 0 aliphatic carbocycles. The summed E-state index contributed by atoms with van der Waals surface area (Å²) >= 11 is 3.38. The molecule has 0 fully saturated rings. The summed E-state index contributed by atoms with van der Waals surface area (Å²) in [6.07, 6.45) is 0. The smallest absolute Gasteiger partial charge is 0.254 e. The van der Waals surface area contributed by atoms with E-state index < -0.39 is 0 Å². The zero-order valence-electron chi connectivity index (χ0n) is 9.33. The molecule has 15 heavy (non-hydrogen) atoms. The first kappa shape index (κ1) is 12.2. The van der Waals surface area contributed by atoms with E-state index in [0.29, 0.717) is 0 Å². The van der Waals surface area contributed by atoms with E-state index in [0.717, 1.165) is 16.5 Å².